The molecule has 1 atom stereocenters. The Hall–Kier alpha value is -1.06. The highest BCUT2D eigenvalue weighted by molar-refractivity contribution is 5.78. The largest absolute Gasteiger partial charge is 0.481 e. The first-order valence-corrected chi connectivity index (χ1v) is 11.4. The number of hydrogen-bond acceptors (Lipinski definition) is 3. The van der Waals surface area contributed by atoms with E-state index >= 15 is 0 Å². The molecule has 0 bridgehead atoms. The van der Waals surface area contributed by atoms with Gasteiger partial charge in [0, 0.05) is 0 Å². The fourth-order valence-corrected chi connectivity index (χ4v) is 3.62. The fraction of sp³-hybridized carbons (Fsp3) is 0.913. The number of aliphatic carboxylic acids is 1. The minimum atomic E-state index is -0.929. The van der Waals surface area contributed by atoms with Crippen LogP contribution in [0.5, 0.6) is 0 Å². The average molecular weight is 385 g/mol. The second-order valence-electron chi connectivity index (χ2n) is 7.91. The maximum atomic E-state index is 11.6. The first-order valence-electron chi connectivity index (χ1n) is 11.4. The lowest BCUT2D eigenvalue weighted by Gasteiger charge is -2.12. The van der Waals surface area contributed by atoms with Crippen molar-refractivity contribution < 1.29 is 19.4 Å². The van der Waals surface area contributed by atoms with Gasteiger partial charge >= 0.3 is 11.9 Å². The van der Waals surface area contributed by atoms with E-state index in [4.69, 9.17) is 9.84 Å². The van der Waals surface area contributed by atoms with Crippen molar-refractivity contribution in [3.63, 3.8) is 0 Å². The number of methoxy groups -OCH3 is 1. The van der Waals surface area contributed by atoms with Crippen LogP contribution in [-0.2, 0) is 14.3 Å². The molecule has 0 aromatic rings. The molecular formula is C23H44O4. The Morgan fingerprint density at radius 1 is 0.704 bits per heavy atom. The number of carboxylic acids is 1. The van der Waals surface area contributed by atoms with Crippen LogP contribution in [0.4, 0.5) is 0 Å². The van der Waals surface area contributed by atoms with Crippen LogP contribution in [0, 0.1) is 5.92 Å². The summed E-state index contributed by atoms with van der Waals surface area (Å²) in [6.07, 6.45) is 21.5. The molecule has 0 saturated carbocycles. The summed E-state index contributed by atoms with van der Waals surface area (Å²) < 4.78 is 4.69. The Morgan fingerprint density at radius 3 is 1.41 bits per heavy atom. The van der Waals surface area contributed by atoms with E-state index in [2.05, 4.69) is 6.92 Å². The van der Waals surface area contributed by atoms with Crippen LogP contribution in [-0.4, -0.2) is 24.2 Å². The Labute approximate surface area is 167 Å². The predicted octanol–water partition coefficient (Wildman–Crippen LogP) is 6.90. The van der Waals surface area contributed by atoms with Crippen molar-refractivity contribution in [2.75, 3.05) is 7.11 Å². The minimum Gasteiger partial charge on any atom is -0.481 e. The molecule has 4 heteroatoms. The van der Waals surface area contributed by atoms with E-state index in [1.54, 1.807) is 0 Å². The van der Waals surface area contributed by atoms with Crippen LogP contribution >= 0.6 is 0 Å². The van der Waals surface area contributed by atoms with Gasteiger partial charge in [0.25, 0.3) is 0 Å². The third kappa shape index (κ3) is 18.1. The Morgan fingerprint density at radius 2 is 1.07 bits per heavy atom. The molecule has 27 heavy (non-hydrogen) atoms. The third-order valence-electron chi connectivity index (χ3n) is 5.36. The standard InChI is InChI=1S/C23H44O4/c1-3-4-5-6-7-8-9-10-11-12-13-14-15-16-17-18-19-21(20-22(24)25)23(26)27-2/h21H,3-20H2,1-2H3,(H,24,25). The number of hydrogen-bond donors (Lipinski definition) is 1. The zero-order valence-electron chi connectivity index (χ0n) is 18.0. The van der Waals surface area contributed by atoms with Crippen molar-refractivity contribution in [1.29, 1.82) is 0 Å². The Kier molecular flexibility index (Phi) is 18.9. The smallest absolute Gasteiger partial charge is 0.309 e. The van der Waals surface area contributed by atoms with Crippen LogP contribution < -0.4 is 0 Å². The Balaban J connectivity index is 3.34. The highest BCUT2D eigenvalue weighted by atomic mass is 16.5. The highest BCUT2D eigenvalue weighted by Crippen LogP contribution is 2.18. The number of carbonyl (C=O) groups is 2. The molecule has 0 heterocycles. The second-order valence-corrected chi connectivity index (χ2v) is 7.91. The molecule has 0 aliphatic rings. The number of carbonyl (C=O) groups excluding carboxylic acids is 1. The molecule has 4 nitrogen and oxygen atoms in total. The lowest BCUT2D eigenvalue weighted by atomic mass is 9.97. The molecule has 0 radical (unpaired) electrons. The molecule has 0 amide bonds. The lowest BCUT2D eigenvalue weighted by molar-refractivity contribution is -0.151. The molecule has 0 saturated heterocycles. The van der Waals surface area contributed by atoms with Gasteiger partial charge in [0.15, 0.2) is 0 Å². The lowest BCUT2D eigenvalue weighted by Crippen LogP contribution is -2.19. The van der Waals surface area contributed by atoms with Crippen molar-refractivity contribution in [3.8, 4) is 0 Å². The summed E-state index contributed by atoms with van der Waals surface area (Å²) in [7, 11) is 1.32. The van der Waals surface area contributed by atoms with Gasteiger partial charge in [0.1, 0.15) is 0 Å². The van der Waals surface area contributed by atoms with Crippen molar-refractivity contribution in [2.45, 2.75) is 122 Å². The minimum absolute atomic E-state index is 0.120. The molecule has 0 spiro atoms. The van der Waals surface area contributed by atoms with Crippen LogP contribution in [0.2, 0.25) is 0 Å². The summed E-state index contributed by atoms with van der Waals surface area (Å²) in [5.41, 5.74) is 0. The van der Waals surface area contributed by atoms with Crippen LogP contribution in [0.15, 0.2) is 0 Å². The van der Waals surface area contributed by atoms with Gasteiger partial charge in [-0.25, -0.2) is 0 Å². The molecule has 0 rings (SSSR count). The topological polar surface area (TPSA) is 63.6 Å². The van der Waals surface area contributed by atoms with E-state index in [0.29, 0.717) is 6.42 Å². The number of unbranched alkanes of at least 4 members (excludes halogenated alkanes) is 15. The van der Waals surface area contributed by atoms with Gasteiger partial charge in [-0.2, -0.15) is 0 Å². The molecule has 0 aromatic carbocycles. The molecule has 1 N–H and O–H groups in total. The molecule has 1 unspecified atom stereocenters. The SMILES string of the molecule is CCCCCCCCCCCCCCCCCCC(CC(=O)O)C(=O)OC. The number of ether oxygens (including phenoxy) is 1. The number of esters is 1. The number of rotatable bonds is 20. The molecule has 0 fully saturated rings. The average Bonchev–Trinajstić information content (AvgIpc) is 2.65. The van der Waals surface area contributed by atoms with Crippen molar-refractivity contribution in [1.82, 2.24) is 0 Å². The summed E-state index contributed by atoms with van der Waals surface area (Å²) >= 11 is 0. The molecular weight excluding hydrogens is 340 g/mol. The zero-order valence-corrected chi connectivity index (χ0v) is 18.0. The van der Waals surface area contributed by atoms with E-state index in [0.717, 1.165) is 12.8 Å². The summed E-state index contributed by atoms with van der Waals surface area (Å²) in [5.74, 6) is -1.81. The quantitative estimate of drug-likeness (QED) is 0.183. The van der Waals surface area contributed by atoms with Crippen molar-refractivity contribution >= 4 is 11.9 Å². The second kappa shape index (κ2) is 19.7. The monoisotopic (exact) mass is 384 g/mol. The van der Waals surface area contributed by atoms with E-state index in [1.807, 2.05) is 0 Å². The zero-order chi connectivity index (χ0) is 20.2. The normalized spacial score (nSPS) is 12.1. The summed E-state index contributed by atoms with van der Waals surface area (Å²) in [4.78, 5) is 22.3. The predicted molar refractivity (Wildman–Crippen MR) is 112 cm³/mol. The molecule has 160 valence electrons. The van der Waals surface area contributed by atoms with Crippen molar-refractivity contribution in [3.05, 3.63) is 0 Å². The Bertz CT molecular complexity index is 354. The van der Waals surface area contributed by atoms with Gasteiger partial charge < -0.3 is 9.84 Å². The maximum absolute atomic E-state index is 11.6. The summed E-state index contributed by atoms with van der Waals surface area (Å²) in [6.45, 7) is 2.27. The maximum Gasteiger partial charge on any atom is 0.309 e. The van der Waals surface area contributed by atoms with Crippen molar-refractivity contribution in [2.24, 2.45) is 5.92 Å². The highest BCUT2D eigenvalue weighted by Gasteiger charge is 2.21. The van der Waals surface area contributed by atoms with E-state index in [1.165, 1.54) is 97.0 Å². The first kappa shape index (κ1) is 25.9. The van der Waals surface area contributed by atoms with Gasteiger partial charge in [-0.15, -0.1) is 0 Å². The van der Waals surface area contributed by atoms with Gasteiger partial charge in [-0.1, -0.05) is 110 Å². The molecule has 0 aliphatic heterocycles. The van der Waals surface area contributed by atoms with Crippen LogP contribution in [0.3, 0.4) is 0 Å². The van der Waals surface area contributed by atoms with E-state index in [9.17, 15) is 9.59 Å². The first-order chi connectivity index (χ1) is 13.1. The van der Waals surface area contributed by atoms with E-state index < -0.39 is 17.9 Å². The van der Waals surface area contributed by atoms with Crippen LogP contribution in [0.25, 0.3) is 0 Å². The third-order valence-corrected chi connectivity index (χ3v) is 5.36. The summed E-state index contributed by atoms with van der Waals surface area (Å²) in [5, 5.41) is 8.86. The van der Waals surface area contributed by atoms with Gasteiger partial charge in [0.05, 0.1) is 19.4 Å². The van der Waals surface area contributed by atoms with E-state index in [-0.39, 0.29) is 6.42 Å². The fourth-order valence-electron chi connectivity index (χ4n) is 3.62. The van der Waals surface area contributed by atoms with Gasteiger partial charge in [-0.3, -0.25) is 9.59 Å². The van der Waals surface area contributed by atoms with Gasteiger partial charge in [-0.05, 0) is 6.42 Å². The number of carboxylic acid groups (broad SMARTS) is 1. The van der Waals surface area contributed by atoms with Gasteiger partial charge in [0.2, 0.25) is 0 Å². The summed E-state index contributed by atoms with van der Waals surface area (Å²) in [6, 6.07) is 0. The van der Waals surface area contributed by atoms with Crippen LogP contribution in [0.1, 0.15) is 122 Å². The molecule has 0 aromatic heterocycles. The molecule has 0 aliphatic carbocycles.